The van der Waals surface area contributed by atoms with E-state index in [-0.39, 0.29) is 23.5 Å². The van der Waals surface area contributed by atoms with Gasteiger partial charge in [0.1, 0.15) is 0 Å². The Kier molecular flexibility index (Phi) is 3.94. The molecule has 0 aromatic heterocycles. The Bertz CT molecular complexity index is 652. The molecule has 2 N–H and O–H groups in total. The highest BCUT2D eigenvalue weighted by Gasteiger charge is 2.46. The van der Waals surface area contributed by atoms with E-state index in [0.717, 1.165) is 10.4 Å². The van der Waals surface area contributed by atoms with Gasteiger partial charge in [-0.25, -0.2) is 13.2 Å². The Labute approximate surface area is 125 Å². The lowest BCUT2D eigenvalue weighted by atomic mass is 9.94. The van der Waals surface area contributed by atoms with Gasteiger partial charge in [0.2, 0.25) is 10.0 Å². The van der Waals surface area contributed by atoms with Gasteiger partial charge in [-0.3, -0.25) is 0 Å². The molecule has 1 aromatic carbocycles. The average molecular weight is 364 g/mol. The number of hydrogen-bond donors (Lipinski definition) is 2. The summed E-state index contributed by atoms with van der Waals surface area (Å²) in [5.74, 6) is -1.21. The summed E-state index contributed by atoms with van der Waals surface area (Å²) < 4.78 is 26.1. The van der Waals surface area contributed by atoms with Crippen LogP contribution in [0.5, 0.6) is 0 Å². The predicted molar refractivity (Wildman–Crippen MR) is 75.1 cm³/mol. The Balaban J connectivity index is 2.32. The second kappa shape index (κ2) is 5.10. The summed E-state index contributed by atoms with van der Waals surface area (Å²) in [5.41, 5.74) is -1.09. The second-order valence-corrected chi connectivity index (χ2v) is 7.59. The number of nitrogens with zero attached hydrogens (tertiary/aromatic N) is 1. The quantitative estimate of drug-likeness (QED) is 0.840. The van der Waals surface area contributed by atoms with Gasteiger partial charge in [-0.2, -0.15) is 4.31 Å². The molecule has 0 atom stereocenters. The topological polar surface area (TPSA) is 94.9 Å². The molecule has 1 aliphatic rings. The zero-order chi connectivity index (χ0) is 15.1. The fourth-order valence-corrected chi connectivity index (χ4v) is 4.02. The van der Waals surface area contributed by atoms with Crippen molar-refractivity contribution < 1.29 is 23.4 Å². The first kappa shape index (κ1) is 15.4. The molecule has 0 saturated carbocycles. The molecule has 0 amide bonds. The van der Waals surface area contributed by atoms with Crippen LogP contribution in [0.3, 0.4) is 0 Å². The van der Waals surface area contributed by atoms with Gasteiger partial charge in [0.25, 0.3) is 0 Å². The minimum atomic E-state index is -3.77. The van der Waals surface area contributed by atoms with Gasteiger partial charge in [-0.05, 0) is 40.5 Å². The molecule has 0 bridgehead atoms. The zero-order valence-electron chi connectivity index (χ0n) is 10.7. The number of β-amino-alcohol motifs (C(OH)–C–C–N with tert-alkyl or cyclic N) is 1. The number of hydrogen-bond acceptors (Lipinski definition) is 4. The number of aliphatic hydroxyl groups is 1. The van der Waals surface area contributed by atoms with Crippen LogP contribution in [-0.2, 0) is 10.0 Å². The minimum Gasteiger partial charge on any atom is -0.478 e. The third kappa shape index (κ3) is 2.60. The highest BCUT2D eigenvalue weighted by atomic mass is 79.9. The summed E-state index contributed by atoms with van der Waals surface area (Å²) >= 11 is 3.07. The van der Waals surface area contributed by atoms with E-state index in [1.54, 1.807) is 6.92 Å². The standard InChI is InChI=1S/C12H14BrNO5S/c1-2-12(17)6-14(7-12)20(18,19)8-3-4-10(13)9(5-8)11(15)16/h3-5,17H,2,6-7H2,1H3,(H,15,16). The van der Waals surface area contributed by atoms with E-state index in [4.69, 9.17) is 5.11 Å². The molecule has 1 fully saturated rings. The van der Waals surface area contributed by atoms with Crippen molar-refractivity contribution >= 4 is 31.9 Å². The molecule has 1 aliphatic heterocycles. The normalized spacial score (nSPS) is 18.6. The van der Waals surface area contributed by atoms with E-state index in [0.29, 0.717) is 10.9 Å². The number of carboxylic acids is 1. The van der Waals surface area contributed by atoms with Gasteiger partial charge in [0, 0.05) is 17.6 Å². The maximum atomic E-state index is 12.3. The van der Waals surface area contributed by atoms with Gasteiger partial charge in [-0.15, -0.1) is 0 Å². The van der Waals surface area contributed by atoms with Crippen LogP contribution in [0.4, 0.5) is 0 Å². The molecular formula is C12H14BrNO5S. The van der Waals surface area contributed by atoms with Crippen LogP contribution in [0, 0.1) is 0 Å². The number of benzene rings is 1. The van der Waals surface area contributed by atoms with Crippen LogP contribution in [0.1, 0.15) is 23.7 Å². The van der Waals surface area contributed by atoms with Gasteiger partial charge in [-0.1, -0.05) is 6.92 Å². The Morgan fingerprint density at radius 1 is 1.45 bits per heavy atom. The number of carboxylic acid groups (broad SMARTS) is 1. The van der Waals surface area contributed by atoms with Crippen molar-refractivity contribution in [1.29, 1.82) is 0 Å². The molecule has 1 saturated heterocycles. The molecule has 8 heteroatoms. The summed E-state index contributed by atoms with van der Waals surface area (Å²) in [6.45, 7) is 1.85. The fraction of sp³-hybridized carbons (Fsp3) is 0.417. The maximum absolute atomic E-state index is 12.3. The molecule has 1 heterocycles. The van der Waals surface area contributed by atoms with Crippen LogP contribution in [0.2, 0.25) is 0 Å². The van der Waals surface area contributed by atoms with Crippen LogP contribution < -0.4 is 0 Å². The van der Waals surface area contributed by atoms with E-state index < -0.39 is 21.6 Å². The smallest absolute Gasteiger partial charge is 0.336 e. The number of carbonyl (C=O) groups is 1. The number of rotatable bonds is 4. The molecule has 0 radical (unpaired) electrons. The highest BCUT2D eigenvalue weighted by molar-refractivity contribution is 9.10. The second-order valence-electron chi connectivity index (χ2n) is 4.80. The lowest BCUT2D eigenvalue weighted by Gasteiger charge is -2.44. The largest absolute Gasteiger partial charge is 0.478 e. The average Bonchev–Trinajstić information content (AvgIpc) is 2.34. The van der Waals surface area contributed by atoms with Crippen molar-refractivity contribution in [2.45, 2.75) is 23.8 Å². The van der Waals surface area contributed by atoms with Crippen molar-refractivity contribution in [3.8, 4) is 0 Å². The molecule has 6 nitrogen and oxygen atoms in total. The van der Waals surface area contributed by atoms with Gasteiger partial charge in [0.05, 0.1) is 16.1 Å². The van der Waals surface area contributed by atoms with Crippen molar-refractivity contribution in [2.75, 3.05) is 13.1 Å². The Hall–Kier alpha value is -0.960. The summed E-state index contributed by atoms with van der Waals surface area (Å²) in [6, 6.07) is 3.85. The third-order valence-electron chi connectivity index (χ3n) is 3.41. The SMILES string of the molecule is CCC1(O)CN(S(=O)(=O)c2ccc(Br)c(C(=O)O)c2)C1. The van der Waals surface area contributed by atoms with Crippen molar-refractivity contribution in [3.63, 3.8) is 0 Å². The number of aromatic carboxylic acids is 1. The monoisotopic (exact) mass is 363 g/mol. The van der Waals surface area contributed by atoms with E-state index in [1.807, 2.05) is 0 Å². The molecular weight excluding hydrogens is 350 g/mol. The van der Waals surface area contributed by atoms with E-state index in [9.17, 15) is 18.3 Å². The third-order valence-corrected chi connectivity index (χ3v) is 5.88. The summed E-state index contributed by atoms with van der Waals surface area (Å²) in [7, 11) is -3.77. The summed E-state index contributed by atoms with van der Waals surface area (Å²) in [5, 5.41) is 18.9. The number of sulfonamides is 1. The first-order valence-corrected chi connectivity index (χ1v) is 8.18. The summed E-state index contributed by atoms with van der Waals surface area (Å²) in [6.07, 6.45) is 0.472. The van der Waals surface area contributed by atoms with Crippen molar-refractivity contribution in [3.05, 3.63) is 28.2 Å². The predicted octanol–water partition coefficient (Wildman–Crippen LogP) is 1.29. The highest BCUT2D eigenvalue weighted by Crippen LogP contribution is 2.31. The van der Waals surface area contributed by atoms with Gasteiger partial charge in [0.15, 0.2) is 0 Å². The summed E-state index contributed by atoms with van der Waals surface area (Å²) in [4.78, 5) is 10.9. The molecule has 1 aromatic rings. The van der Waals surface area contributed by atoms with E-state index in [2.05, 4.69) is 15.9 Å². The van der Waals surface area contributed by atoms with Gasteiger partial charge < -0.3 is 10.2 Å². The van der Waals surface area contributed by atoms with Crippen LogP contribution >= 0.6 is 15.9 Å². The molecule has 0 spiro atoms. The Morgan fingerprint density at radius 3 is 2.55 bits per heavy atom. The first-order valence-electron chi connectivity index (χ1n) is 5.95. The Morgan fingerprint density at radius 2 is 2.05 bits per heavy atom. The zero-order valence-corrected chi connectivity index (χ0v) is 13.1. The minimum absolute atomic E-state index is 0.0320. The molecule has 2 rings (SSSR count). The van der Waals surface area contributed by atoms with Crippen molar-refractivity contribution in [1.82, 2.24) is 4.31 Å². The molecule has 0 unspecified atom stereocenters. The fourth-order valence-electron chi connectivity index (χ4n) is 1.98. The first-order chi connectivity index (χ1) is 9.19. The van der Waals surface area contributed by atoms with Crippen LogP contribution in [-0.4, -0.2) is 47.6 Å². The number of halogens is 1. The molecule has 110 valence electrons. The van der Waals surface area contributed by atoms with Crippen molar-refractivity contribution in [2.24, 2.45) is 0 Å². The lowest BCUT2D eigenvalue weighted by Crippen LogP contribution is -2.62. The van der Waals surface area contributed by atoms with Gasteiger partial charge >= 0.3 is 5.97 Å². The van der Waals surface area contributed by atoms with E-state index in [1.165, 1.54) is 12.1 Å². The van der Waals surface area contributed by atoms with Crippen LogP contribution in [0.15, 0.2) is 27.6 Å². The molecule has 20 heavy (non-hydrogen) atoms. The lowest BCUT2D eigenvalue weighted by molar-refractivity contribution is -0.0613. The maximum Gasteiger partial charge on any atom is 0.336 e. The van der Waals surface area contributed by atoms with Crippen LogP contribution in [0.25, 0.3) is 0 Å². The molecule has 0 aliphatic carbocycles. The van der Waals surface area contributed by atoms with E-state index >= 15 is 0 Å².